The first-order valence-electron chi connectivity index (χ1n) is 10.0. The molecule has 0 saturated heterocycles. The average molecular weight is 335 g/mol. The fourth-order valence-corrected chi connectivity index (χ4v) is 3.37. The highest BCUT2D eigenvalue weighted by molar-refractivity contribution is 5.27. The minimum Gasteiger partial charge on any atom is -0.497 e. The first-order chi connectivity index (χ1) is 11.6. The maximum absolute atomic E-state index is 5.33. The van der Waals surface area contributed by atoms with E-state index in [2.05, 4.69) is 39.2 Å². The molecule has 0 atom stereocenters. The number of ether oxygens (including phenoxy) is 1. The molecule has 0 radical (unpaired) electrons. The van der Waals surface area contributed by atoms with Crippen molar-refractivity contribution in [2.24, 2.45) is 0 Å². The third-order valence-corrected chi connectivity index (χ3v) is 4.86. The zero-order chi connectivity index (χ0) is 17.7. The van der Waals surface area contributed by atoms with Gasteiger partial charge in [0.1, 0.15) is 12.3 Å². The molecular formula is C22H40NO+. The van der Waals surface area contributed by atoms with Crippen LogP contribution in [0.1, 0.15) is 76.7 Å². The summed E-state index contributed by atoms with van der Waals surface area (Å²) in [6.07, 6.45) is 14.1. The second-order valence-electron chi connectivity index (χ2n) is 7.85. The van der Waals surface area contributed by atoms with E-state index in [9.17, 15) is 0 Å². The van der Waals surface area contributed by atoms with Gasteiger partial charge >= 0.3 is 0 Å². The van der Waals surface area contributed by atoms with Crippen LogP contribution >= 0.6 is 0 Å². The Hall–Kier alpha value is -1.02. The highest BCUT2D eigenvalue weighted by atomic mass is 16.5. The zero-order valence-corrected chi connectivity index (χ0v) is 16.7. The van der Waals surface area contributed by atoms with Crippen molar-refractivity contribution in [3.8, 4) is 5.75 Å². The Labute approximate surface area is 150 Å². The Kier molecular flexibility index (Phi) is 10.8. The van der Waals surface area contributed by atoms with Crippen LogP contribution in [0.4, 0.5) is 0 Å². The standard InChI is InChI=1S/C22H40NO/c1-5-6-7-8-9-10-11-12-13-14-18-23(2,3)20-21-16-15-17-22(19-21)24-4/h15-17,19H,5-14,18,20H2,1-4H3/q+1. The monoisotopic (exact) mass is 334 g/mol. The Bertz CT molecular complexity index is 428. The second kappa shape index (κ2) is 12.4. The van der Waals surface area contributed by atoms with Crippen molar-refractivity contribution in [1.29, 1.82) is 0 Å². The molecule has 0 bridgehead atoms. The molecule has 1 rings (SSSR count). The molecule has 0 aromatic heterocycles. The Balaban J connectivity index is 2.10. The summed E-state index contributed by atoms with van der Waals surface area (Å²) >= 11 is 0. The van der Waals surface area contributed by atoms with Crippen molar-refractivity contribution >= 4 is 0 Å². The molecule has 0 spiro atoms. The van der Waals surface area contributed by atoms with Gasteiger partial charge in [-0.2, -0.15) is 0 Å². The molecule has 0 aliphatic rings. The number of nitrogens with zero attached hydrogens (tertiary/aromatic N) is 1. The van der Waals surface area contributed by atoms with Gasteiger partial charge in [-0.1, -0.05) is 70.4 Å². The quantitative estimate of drug-likeness (QED) is 0.291. The van der Waals surface area contributed by atoms with E-state index in [-0.39, 0.29) is 0 Å². The molecule has 1 aromatic rings. The summed E-state index contributed by atoms with van der Waals surface area (Å²) in [6.45, 7) is 4.62. The molecule has 2 nitrogen and oxygen atoms in total. The van der Waals surface area contributed by atoms with Crippen molar-refractivity contribution < 1.29 is 9.22 Å². The van der Waals surface area contributed by atoms with Crippen LogP contribution in [0.15, 0.2) is 24.3 Å². The first-order valence-corrected chi connectivity index (χ1v) is 10.0. The molecule has 1 aromatic carbocycles. The Morgan fingerprint density at radius 3 is 2.00 bits per heavy atom. The van der Waals surface area contributed by atoms with Crippen LogP contribution in [0.2, 0.25) is 0 Å². The lowest BCUT2D eigenvalue weighted by Gasteiger charge is -2.30. The lowest BCUT2D eigenvalue weighted by molar-refractivity contribution is -0.903. The Morgan fingerprint density at radius 1 is 0.833 bits per heavy atom. The van der Waals surface area contributed by atoms with Crippen LogP contribution in [0.5, 0.6) is 5.75 Å². The summed E-state index contributed by atoms with van der Waals surface area (Å²) in [5.74, 6) is 0.964. The number of hydrogen-bond donors (Lipinski definition) is 0. The summed E-state index contributed by atoms with van der Waals surface area (Å²) in [5, 5.41) is 0. The van der Waals surface area contributed by atoms with Gasteiger partial charge in [-0.15, -0.1) is 0 Å². The molecule has 0 fully saturated rings. The molecule has 2 heteroatoms. The molecule has 0 amide bonds. The van der Waals surface area contributed by atoms with E-state index in [0.717, 1.165) is 16.8 Å². The van der Waals surface area contributed by atoms with Crippen LogP contribution in [0.3, 0.4) is 0 Å². The SMILES string of the molecule is CCCCCCCCCCCC[N+](C)(C)Cc1cccc(OC)c1. The van der Waals surface area contributed by atoms with Crippen molar-refractivity contribution in [3.05, 3.63) is 29.8 Å². The maximum Gasteiger partial charge on any atom is 0.119 e. The van der Waals surface area contributed by atoms with Crippen LogP contribution in [0, 0.1) is 0 Å². The summed E-state index contributed by atoms with van der Waals surface area (Å²) in [7, 11) is 6.42. The number of benzene rings is 1. The molecule has 0 aliphatic heterocycles. The number of methoxy groups -OCH3 is 1. The molecule has 138 valence electrons. The van der Waals surface area contributed by atoms with Gasteiger partial charge < -0.3 is 9.22 Å². The molecule has 24 heavy (non-hydrogen) atoms. The van der Waals surface area contributed by atoms with Gasteiger partial charge in [-0.05, 0) is 25.0 Å². The Morgan fingerprint density at radius 2 is 1.42 bits per heavy atom. The van der Waals surface area contributed by atoms with Crippen molar-refractivity contribution in [1.82, 2.24) is 0 Å². The highest BCUT2D eigenvalue weighted by Crippen LogP contribution is 2.17. The van der Waals surface area contributed by atoms with Gasteiger partial charge in [-0.25, -0.2) is 0 Å². The fourth-order valence-electron chi connectivity index (χ4n) is 3.37. The van der Waals surface area contributed by atoms with Crippen molar-refractivity contribution in [2.45, 2.75) is 77.7 Å². The maximum atomic E-state index is 5.33. The molecule has 0 unspecified atom stereocenters. The lowest BCUT2D eigenvalue weighted by atomic mass is 10.1. The number of rotatable bonds is 14. The van der Waals surface area contributed by atoms with Crippen LogP contribution < -0.4 is 4.74 Å². The van der Waals surface area contributed by atoms with Gasteiger partial charge in [0.25, 0.3) is 0 Å². The van der Waals surface area contributed by atoms with E-state index in [1.807, 2.05) is 6.07 Å². The topological polar surface area (TPSA) is 9.23 Å². The van der Waals surface area contributed by atoms with Gasteiger partial charge in [0.15, 0.2) is 0 Å². The van der Waals surface area contributed by atoms with Gasteiger partial charge in [0, 0.05) is 5.56 Å². The summed E-state index contributed by atoms with van der Waals surface area (Å²) in [6, 6.07) is 8.49. The van der Waals surface area contributed by atoms with Crippen molar-refractivity contribution in [3.63, 3.8) is 0 Å². The lowest BCUT2D eigenvalue weighted by Crippen LogP contribution is -2.39. The van der Waals surface area contributed by atoms with E-state index >= 15 is 0 Å². The molecular weight excluding hydrogens is 294 g/mol. The normalized spacial score (nSPS) is 11.7. The predicted molar refractivity (Wildman–Crippen MR) is 106 cm³/mol. The van der Waals surface area contributed by atoms with Crippen LogP contribution in [0.25, 0.3) is 0 Å². The predicted octanol–water partition coefficient (Wildman–Crippen LogP) is 6.19. The van der Waals surface area contributed by atoms with Crippen LogP contribution in [-0.4, -0.2) is 32.2 Å². The van der Waals surface area contributed by atoms with Gasteiger partial charge in [0.2, 0.25) is 0 Å². The van der Waals surface area contributed by atoms with E-state index in [4.69, 9.17) is 4.74 Å². The minimum absolute atomic E-state index is 0.964. The largest absolute Gasteiger partial charge is 0.497 e. The summed E-state index contributed by atoms with van der Waals surface area (Å²) in [5.41, 5.74) is 1.37. The third-order valence-electron chi connectivity index (χ3n) is 4.86. The summed E-state index contributed by atoms with van der Waals surface area (Å²) < 4.78 is 6.39. The molecule has 0 saturated carbocycles. The van der Waals surface area contributed by atoms with Crippen LogP contribution in [-0.2, 0) is 6.54 Å². The average Bonchev–Trinajstić information content (AvgIpc) is 2.56. The van der Waals surface area contributed by atoms with Crippen molar-refractivity contribution in [2.75, 3.05) is 27.7 Å². The van der Waals surface area contributed by atoms with Gasteiger partial charge in [-0.3, -0.25) is 0 Å². The fraction of sp³-hybridized carbons (Fsp3) is 0.727. The second-order valence-corrected chi connectivity index (χ2v) is 7.85. The summed E-state index contributed by atoms with van der Waals surface area (Å²) in [4.78, 5) is 0. The molecule has 0 N–H and O–H groups in total. The number of quaternary nitrogens is 1. The van der Waals surface area contributed by atoms with Gasteiger partial charge in [0.05, 0.1) is 27.7 Å². The first kappa shape index (κ1) is 21.0. The van der Waals surface area contributed by atoms with E-state index in [0.29, 0.717) is 0 Å². The highest BCUT2D eigenvalue weighted by Gasteiger charge is 2.15. The third kappa shape index (κ3) is 9.97. The van der Waals surface area contributed by atoms with E-state index in [1.165, 1.54) is 76.3 Å². The number of hydrogen-bond acceptors (Lipinski definition) is 1. The molecule has 0 aliphatic carbocycles. The zero-order valence-electron chi connectivity index (χ0n) is 16.7. The smallest absolute Gasteiger partial charge is 0.119 e. The number of unbranched alkanes of at least 4 members (excludes halogenated alkanes) is 9. The van der Waals surface area contributed by atoms with E-state index < -0.39 is 0 Å². The minimum atomic E-state index is 0.964. The van der Waals surface area contributed by atoms with E-state index in [1.54, 1.807) is 7.11 Å². The molecule has 0 heterocycles.